The Bertz CT molecular complexity index is 534. The Labute approximate surface area is 118 Å². The van der Waals surface area contributed by atoms with Gasteiger partial charge >= 0.3 is 6.09 Å². The summed E-state index contributed by atoms with van der Waals surface area (Å²) in [5.74, 6) is 0. The highest BCUT2D eigenvalue weighted by Crippen LogP contribution is 2.36. The lowest BCUT2D eigenvalue weighted by atomic mass is 9.98. The Hall–Kier alpha value is -1.88. The summed E-state index contributed by atoms with van der Waals surface area (Å²) in [7, 11) is 0. The molecule has 1 amide bonds. The first-order chi connectivity index (χ1) is 9.22. The van der Waals surface area contributed by atoms with Crippen LogP contribution in [-0.4, -0.2) is 27.5 Å². The van der Waals surface area contributed by atoms with Crippen molar-refractivity contribution in [3.63, 3.8) is 0 Å². The number of aliphatic hydroxyl groups is 1. The third-order valence-electron chi connectivity index (χ3n) is 2.93. The van der Waals surface area contributed by atoms with Crippen molar-refractivity contribution in [3.8, 4) is 0 Å². The molecule has 1 aromatic carbocycles. The van der Waals surface area contributed by atoms with Gasteiger partial charge in [0, 0.05) is 17.7 Å². The maximum atomic E-state index is 12.2. The van der Waals surface area contributed by atoms with E-state index in [9.17, 15) is 9.90 Å². The first-order valence-corrected chi connectivity index (χ1v) is 6.57. The average molecular weight is 276 g/mol. The minimum Gasteiger partial charge on any atom is -0.442 e. The van der Waals surface area contributed by atoms with E-state index >= 15 is 0 Å². The zero-order valence-electron chi connectivity index (χ0n) is 12.3. The number of carbonyl (C=O) groups excluding carboxylic acids is 1. The summed E-state index contributed by atoms with van der Waals surface area (Å²) < 4.78 is 5.31. The molecule has 1 aliphatic heterocycles. The normalized spacial score (nSPS) is 22.6. The predicted octanol–water partition coefficient (Wildman–Crippen LogP) is 2.85. The van der Waals surface area contributed by atoms with Gasteiger partial charge in [-0.05, 0) is 27.7 Å². The monoisotopic (exact) mass is 276 g/mol. The molecule has 5 nitrogen and oxygen atoms in total. The Morgan fingerprint density at radius 3 is 2.50 bits per heavy atom. The van der Waals surface area contributed by atoms with Crippen LogP contribution >= 0.6 is 0 Å². The molecule has 108 valence electrons. The topological polar surface area (TPSA) is 62.1 Å². The number of rotatable bonds is 1. The van der Waals surface area contributed by atoms with Gasteiger partial charge in [0.2, 0.25) is 0 Å². The van der Waals surface area contributed by atoms with Gasteiger partial charge in [0.1, 0.15) is 5.60 Å². The number of hydrogen-bond acceptors (Lipinski definition) is 4. The van der Waals surface area contributed by atoms with E-state index in [1.165, 1.54) is 0 Å². The fraction of sp³-hybridized carbons (Fsp3) is 0.467. The number of nitrogens with zero attached hydrogens (tertiary/aromatic N) is 2. The summed E-state index contributed by atoms with van der Waals surface area (Å²) in [5.41, 5.74) is -0.817. The van der Waals surface area contributed by atoms with Crippen LogP contribution in [-0.2, 0) is 10.5 Å². The highest BCUT2D eigenvalue weighted by Gasteiger charge is 2.46. The Morgan fingerprint density at radius 2 is 1.95 bits per heavy atom. The number of hydrogen-bond donors (Lipinski definition) is 1. The molecule has 5 heteroatoms. The molecule has 0 spiro atoms. The largest absolute Gasteiger partial charge is 0.442 e. The predicted molar refractivity (Wildman–Crippen MR) is 76.1 cm³/mol. The molecule has 0 aliphatic carbocycles. The van der Waals surface area contributed by atoms with Gasteiger partial charge in [-0.15, -0.1) is 0 Å². The number of ether oxygens (including phenoxy) is 1. The Morgan fingerprint density at radius 1 is 1.35 bits per heavy atom. The SMILES string of the molecule is CC1=NN(C(=O)OC(C)(C)C)C(O)(c2ccccc2)C1. The second kappa shape index (κ2) is 4.90. The molecular formula is C15H20N2O3. The van der Waals surface area contributed by atoms with Gasteiger partial charge in [-0.25, -0.2) is 4.79 Å². The molecule has 1 aromatic rings. The molecule has 0 saturated heterocycles. The van der Waals surface area contributed by atoms with Crippen LogP contribution in [0.5, 0.6) is 0 Å². The van der Waals surface area contributed by atoms with E-state index in [0.717, 1.165) is 5.01 Å². The van der Waals surface area contributed by atoms with Crippen LogP contribution in [0.15, 0.2) is 35.4 Å². The molecule has 1 atom stereocenters. The first-order valence-electron chi connectivity index (χ1n) is 6.57. The van der Waals surface area contributed by atoms with Gasteiger partial charge < -0.3 is 9.84 Å². The van der Waals surface area contributed by atoms with Gasteiger partial charge in [0.15, 0.2) is 5.72 Å². The van der Waals surface area contributed by atoms with Gasteiger partial charge in [0.25, 0.3) is 0 Å². The second-order valence-electron chi connectivity index (χ2n) is 5.99. The lowest BCUT2D eigenvalue weighted by Gasteiger charge is -2.32. The molecule has 20 heavy (non-hydrogen) atoms. The maximum Gasteiger partial charge on any atom is 0.433 e. The van der Waals surface area contributed by atoms with E-state index in [2.05, 4.69) is 5.10 Å². The molecule has 0 saturated carbocycles. The summed E-state index contributed by atoms with van der Waals surface area (Å²) in [6, 6.07) is 9.02. The van der Waals surface area contributed by atoms with Crippen LogP contribution in [0.2, 0.25) is 0 Å². The molecule has 1 N–H and O–H groups in total. The fourth-order valence-electron chi connectivity index (χ4n) is 2.15. The summed E-state index contributed by atoms with van der Waals surface area (Å²) in [6.07, 6.45) is -0.378. The molecule has 0 radical (unpaired) electrons. The molecule has 0 fully saturated rings. The third-order valence-corrected chi connectivity index (χ3v) is 2.93. The van der Waals surface area contributed by atoms with E-state index in [0.29, 0.717) is 11.3 Å². The van der Waals surface area contributed by atoms with E-state index in [1.807, 2.05) is 18.2 Å². The molecule has 0 aromatic heterocycles. The first kappa shape index (κ1) is 14.5. The van der Waals surface area contributed by atoms with Crippen molar-refractivity contribution in [2.24, 2.45) is 5.10 Å². The van der Waals surface area contributed by atoms with Gasteiger partial charge in [-0.3, -0.25) is 0 Å². The summed E-state index contributed by atoms with van der Waals surface area (Å²) >= 11 is 0. The smallest absolute Gasteiger partial charge is 0.433 e. The van der Waals surface area contributed by atoms with Crippen LogP contribution in [0.25, 0.3) is 0 Å². The quantitative estimate of drug-likeness (QED) is 0.858. The molecular weight excluding hydrogens is 256 g/mol. The van der Waals surface area contributed by atoms with Crippen molar-refractivity contribution in [3.05, 3.63) is 35.9 Å². The minimum atomic E-state index is -1.48. The summed E-state index contributed by atoms with van der Waals surface area (Å²) in [5, 5.41) is 16.0. The molecule has 1 aliphatic rings. The van der Waals surface area contributed by atoms with E-state index < -0.39 is 17.4 Å². The lowest BCUT2D eigenvalue weighted by Crippen LogP contribution is -2.45. The summed E-state index contributed by atoms with van der Waals surface area (Å²) in [4.78, 5) is 12.2. The zero-order chi connectivity index (χ0) is 15.0. The zero-order valence-corrected chi connectivity index (χ0v) is 12.3. The number of amides is 1. The fourth-order valence-corrected chi connectivity index (χ4v) is 2.15. The van der Waals surface area contributed by atoms with Crippen molar-refractivity contribution >= 4 is 11.8 Å². The lowest BCUT2D eigenvalue weighted by molar-refractivity contribution is -0.0975. The molecule has 1 unspecified atom stereocenters. The molecule has 2 rings (SSSR count). The van der Waals surface area contributed by atoms with Gasteiger partial charge in [0.05, 0.1) is 0 Å². The summed E-state index contributed by atoms with van der Waals surface area (Å²) in [6.45, 7) is 7.11. The maximum absolute atomic E-state index is 12.2. The van der Waals surface area contributed by atoms with Crippen LogP contribution < -0.4 is 0 Å². The van der Waals surface area contributed by atoms with Crippen molar-refractivity contribution in [2.45, 2.75) is 45.4 Å². The highest BCUT2D eigenvalue weighted by molar-refractivity contribution is 5.87. The van der Waals surface area contributed by atoms with Gasteiger partial charge in [-0.2, -0.15) is 10.1 Å². The van der Waals surface area contributed by atoms with Crippen molar-refractivity contribution < 1.29 is 14.6 Å². The second-order valence-corrected chi connectivity index (χ2v) is 5.99. The Kier molecular flexibility index (Phi) is 3.56. The van der Waals surface area contributed by atoms with Crippen LogP contribution in [0.1, 0.15) is 39.7 Å². The van der Waals surface area contributed by atoms with Crippen molar-refractivity contribution in [1.82, 2.24) is 5.01 Å². The highest BCUT2D eigenvalue weighted by atomic mass is 16.6. The number of carbonyl (C=O) groups is 1. The molecule has 0 bridgehead atoms. The molecule has 1 heterocycles. The van der Waals surface area contributed by atoms with Crippen LogP contribution in [0, 0.1) is 0 Å². The van der Waals surface area contributed by atoms with E-state index in [1.54, 1.807) is 39.8 Å². The van der Waals surface area contributed by atoms with E-state index in [-0.39, 0.29) is 6.42 Å². The number of benzene rings is 1. The van der Waals surface area contributed by atoms with Crippen LogP contribution in [0.4, 0.5) is 4.79 Å². The van der Waals surface area contributed by atoms with E-state index in [4.69, 9.17) is 4.74 Å². The average Bonchev–Trinajstić information content (AvgIpc) is 2.65. The third kappa shape index (κ3) is 2.82. The number of hydrazone groups is 1. The Balaban J connectivity index is 2.32. The minimum absolute atomic E-state index is 0.274. The van der Waals surface area contributed by atoms with Crippen molar-refractivity contribution in [1.29, 1.82) is 0 Å². The standard InChI is InChI=1S/C15H20N2O3/c1-11-10-15(19,12-8-6-5-7-9-12)17(16-11)13(18)20-14(2,3)4/h5-9,19H,10H2,1-4H3. The van der Waals surface area contributed by atoms with Crippen LogP contribution in [0.3, 0.4) is 0 Å². The van der Waals surface area contributed by atoms with Gasteiger partial charge in [-0.1, -0.05) is 30.3 Å². The van der Waals surface area contributed by atoms with Crippen molar-refractivity contribution in [2.75, 3.05) is 0 Å².